The smallest absolute Gasteiger partial charge is 0.306 e. The van der Waals surface area contributed by atoms with Gasteiger partial charge in [0.2, 0.25) is 5.91 Å². The fraction of sp³-hybridized carbons (Fsp3) is 0.889. The van der Waals surface area contributed by atoms with Crippen molar-refractivity contribution in [1.29, 1.82) is 0 Å². The maximum absolute atomic E-state index is 12.2. The Balaban J connectivity index is 4.06. The Morgan fingerprint density at radius 2 is 1.61 bits per heavy atom. The number of carbonyl (C=O) groups is 2. The van der Waals surface area contributed by atoms with Crippen LogP contribution in [0.1, 0.15) is 79.6 Å². The Labute approximate surface area is 140 Å². The van der Waals surface area contributed by atoms with E-state index in [2.05, 4.69) is 19.2 Å². The first-order valence-electron chi connectivity index (χ1n) is 8.69. The molecule has 0 aromatic carbocycles. The molecule has 0 aromatic rings. The second-order valence-corrected chi connectivity index (χ2v) is 7.98. The summed E-state index contributed by atoms with van der Waals surface area (Å²) in [5.74, 6) is -0.452. The van der Waals surface area contributed by atoms with Crippen molar-refractivity contribution in [3.63, 3.8) is 0 Å². The number of carbonyl (C=O) groups excluding carboxylic acids is 1. The largest absolute Gasteiger partial charge is 0.481 e. The number of rotatable bonds is 12. The minimum atomic E-state index is -1.39. The standard InChI is InChI=1S/C18H35NO4/c1-14(2)10-8-6-7-9-11-19-16(22)17(3,4)13-18(5,23)12-15(20)21/h14,23H,6-13H2,1-5H3,(H,19,22)(H,20,21). The van der Waals surface area contributed by atoms with Gasteiger partial charge in [-0.15, -0.1) is 0 Å². The van der Waals surface area contributed by atoms with Gasteiger partial charge < -0.3 is 15.5 Å². The van der Waals surface area contributed by atoms with E-state index in [4.69, 9.17) is 5.11 Å². The Hall–Kier alpha value is -1.10. The van der Waals surface area contributed by atoms with Gasteiger partial charge >= 0.3 is 5.97 Å². The highest BCUT2D eigenvalue weighted by Gasteiger charge is 2.37. The highest BCUT2D eigenvalue weighted by molar-refractivity contribution is 5.82. The Morgan fingerprint density at radius 1 is 1.04 bits per heavy atom. The van der Waals surface area contributed by atoms with E-state index in [1.54, 1.807) is 13.8 Å². The first-order valence-corrected chi connectivity index (χ1v) is 8.69. The zero-order valence-electron chi connectivity index (χ0n) is 15.4. The van der Waals surface area contributed by atoms with Gasteiger partial charge in [0, 0.05) is 12.0 Å². The summed E-state index contributed by atoms with van der Waals surface area (Å²) in [4.78, 5) is 23.0. The monoisotopic (exact) mass is 329 g/mol. The van der Waals surface area contributed by atoms with E-state index in [0.29, 0.717) is 6.54 Å². The predicted molar refractivity (Wildman–Crippen MR) is 92.2 cm³/mol. The van der Waals surface area contributed by atoms with E-state index >= 15 is 0 Å². The number of carboxylic acids is 1. The number of hydrogen-bond donors (Lipinski definition) is 3. The maximum atomic E-state index is 12.2. The first-order chi connectivity index (χ1) is 10.5. The van der Waals surface area contributed by atoms with Crippen molar-refractivity contribution >= 4 is 11.9 Å². The molecule has 0 radical (unpaired) electrons. The molecule has 0 aliphatic carbocycles. The van der Waals surface area contributed by atoms with Crippen LogP contribution in [0.15, 0.2) is 0 Å². The Bertz CT molecular complexity index is 375. The number of unbranched alkanes of at least 4 members (excludes halogenated alkanes) is 3. The van der Waals surface area contributed by atoms with Crippen LogP contribution in [0.5, 0.6) is 0 Å². The molecule has 0 aromatic heterocycles. The normalized spacial score (nSPS) is 14.6. The molecule has 0 heterocycles. The molecule has 136 valence electrons. The molecular weight excluding hydrogens is 294 g/mol. The minimum Gasteiger partial charge on any atom is -0.481 e. The number of amides is 1. The molecule has 0 aliphatic rings. The van der Waals surface area contributed by atoms with E-state index in [0.717, 1.165) is 18.8 Å². The second-order valence-electron chi connectivity index (χ2n) is 7.98. The third-order valence-electron chi connectivity index (χ3n) is 3.96. The van der Waals surface area contributed by atoms with Crippen molar-refractivity contribution in [2.24, 2.45) is 11.3 Å². The maximum Gasteiger partial charge on any atom is 0.306 e. The van der Waals surface area contributed by atoms with Gasteiger partial charge in [0.15, 0.2) is 0 Å². The third-order valence-corrected chi connectivity index (χ3v) is 3.96. The SMILES string of the molecule is CC(C)CCCCCCNC(=O)C(C)(C)CC(C)(O)CC(=O)O. The van der Waals surface area contributed by atoms with Gasteiger partial charge in [0.25, 0.3) is 0 Å². The molecule has 0 fully saturated rings. The van der Waals surface area contributed by atoms with E-state index in [1.807, 2.05) is 0 Å². The van der Waals surface area contributed by atoms with Gasteiger partial charge in [-0.05, 0) is 25.7 Å². The molecule has 5 nitrogen and oxygen atoms in total. The summed E-state index contributed by atoms with van der Waals surface area (Å²) in [6.45, 7) is 10.0. The van der Waals surface area contributed by atoms with Crippen LogP contribution in [-0.2, 0) is 9.59 Å². The fourth-order valence-corrected chi connectivity index (χ4v) is 2.89. The lowest BCUT2D eigenvalue weighted by molar-refractivity contribution is -0.145. The lowest BCUT2D eigenvalue weighted by atomic mass is 9.79. The van der Waals surface area contributed by atoms with Gasteiger partial charge in [-0.3, -0.25) is 9.59 Å². The van der Waals surface area contributed by atoms with Crippen molar-refractivity contribution in [2.45, 2.75) is 85.2 Å². The second kappa shape index (κ2) is 9.91. The Morgan fingerprint density at radius 3 is 2.13 bits per heavy atom. The number of hydrogen-bond acceptors (Lipinski definition) is 3. The summed E-state index contributed by atoms with van der Waals surface area (Å²) in [7, 11) is 0. The van der Waals surface area contributed by atoms with Crippen LogP contribution in [0.2, 0.25) is 0 Å². The highest BCUT2D eigenvalue weighted by Crippen LogP contribution is 2.30. The zero-order valence-corrected chi connectivity index (χ0v) is 15.4. The third kappa shape index (κ3) is 11.1. The van der Waals surface area contributed by atoms with Gasteiger partial charge in [-0.25, -0.2) is 0 Å². The van der Waals surface area contributed by atoms with Crippen LogP contribution in [-0.4, -0.2) is 34.2 Å². The van der Waals surface area contributed by atoms with Crippen LogP contribution in [0.4, 0.5) is 0 Å². The average molecular weight is 329 g/mol. The quantitative estimate of drug-likeness (QED) is 0.479. The number of carboxylic acid groups (broad SMARTS) is 1. The molecule has 5 heteroatoms. The summed E-state index contributed by atoms with van der Waals surface area (Å²) in [6.07, 6.45) is 5.47. The van der Waals surface area contributed by atoms with Crippen molar-refractivity contribution < 1.29 is 19.8 Å². The molecule has 23 heavy (non-hydrogen) atoms. The van der Waals surface area contributed by atoms with E-state index < -0.39 is 17.0 Å². The molecule has 3 N–H and O–H groups in total. The molecular formula is C18H35NO4. The average Bonchev–Trinajstić information content (AvgIpc) is 2.33. The predicted octanol–water partition coefficient (Wildman–Crippen LogP) is 3.35. The first kappa shape index (κ1) is 21.9. The summed E-state index contributed by atoms with van der Waals surface area (Å²) >= 11 is 0. The fourth-order valence-electron chi connectivity index (χ4n) is 2.89. The van der Waals surface area contributed by atoms with Crippen LogP contribution in [0.3, 0.4) is 0 Å². The van der Waals surface area contributed by atoms with Crippen molar-refractivity contribution in [3.8, 4) is 0 Å². The minimum absolute atomic E-state index is 0.118. The summed E-state index contributed by atoms with van der Waals surface area (Å²) in [5, 5.41) is 21.8. The lowest BCUT2D eigenvalue weighted by Gasteiger charge is -2.31. The molecule has 1 amide bonds. The molecule has 1 atom stereocenters. The molecule has 1 unspecified atom stereocenters. The molecule has 0 spiro atoms. The van der Waals surface area contributed by atoms with E-state index in [1.165, 1.54) is 26.2 Å². The van der Waals surface area contributed by atoms with Gasteiger partial charge in [0.1, 0.15) is 0 Å². The highest BCUT2D eigenvalue weighted by atomic mass is 16.4. The van der Waals surface area contributed by atoms with Gasteiger partial charge in [-0.2, -0.15) is 0 Å². The molecule has 0 rings (SSSR count). The van der Waals surface area contributed by atoms with Gasteiger partial charge in [0.05, 0.1) is 12.0 Å². The number of aliphatic carboxylic acids is 1. The van der Waals surface area contributed by atoms with Crippen LogP contribution in [0, 0.1) is 11.3 Å². The van der Waals surface area contributed by atoms with Crippen molar-refractivity contribution in [2.75, 3.05) is 6.54 Å². The van der Waals surface area contributed by atoms with Crippen molar-refractivity contribution in [1.82, 2.24) is 5.32 Å². The Kier molecular flexibility index (Phi) is 9.44. The summed E-state index contributed by atoms with van der Waals surface area (Å²) < 4.78 is 0. The number of aliphatic hydroxyl groups is 1. The number of nitrogens with one attached hydrogen (secondary N) is 1. The molecule has 0 saturated carbocycles. The zero-order chi connectivity index (χ0) is 18.1. The molecule has 0 saturated heterocycles. The van der Waals surface area contributed by atoms with E-state index in [9.17, 15) is 14.7 Å². The topological polar surface area (TPSA) is 86.6 Å². The van der Waals surface area contributed by atoms with Gasteiger partial charge in [-0.1, -0.05) is 53.4 Å². The molecule has 0 bridgehead atoms. The molecule has 0 aliphatic heterocycles. The van der Waals surface area contributed by atoms with Crippen LogP contribution >= 0.6 is 0 Å². The van der Waals surface area contributed by atoms with E-state index in [-0.39, 0.29) is 18.7 Å². The van der Waals surface area contributed by atoms with Crippen LogP contribution < -0.4 is 5.32 Å². The van der Waals surface area contributed by atoms with Crippen molar-refractivity contribution in [3.05, 3.63) is 0 Å². The summed E-state index contributed by atoms with van der Waals surface area (Å²) in [6, 6.07) is 0. The lowest BCUT2D eigenvalue weighted by Crippen LogP contribution is -2.43. The summed E-state index contributed by atoms with van der Waals surface area (Å²) in [5.41, 5.74) is -2.18. The van der Waals surface area contributed by atoms with Crippen LogP contribution in [0.25, 0.3) is 0 Å².